The summed E-state index contributed by atoms with van der Waals surface area (Å²) in [7, 11) is 1.50. The van der Waals surface area contributed by atoms with Gasteiger partial charge in [-0.3, -0.25) is 14.2 Å². The molecule has 70 valence electrons. The highest BCUT2D eigenvalue weighted by atomic mass is 35.5. The molecule has 1 heterocycles. The molecule has 0 unspecified atom stereocenters. The van der Waals surface area contributed by atoms with Gasteiger partial charge in [-0.2, -0.15) is 0 Å². The second kappa shape index (κ2) is 4.09. The highest BCUT2D eigenvalue weighted by Crippen LogP contribution is 2.03. The second-order valence-electron chi connectivity index (χ2n) is 2.45. The first-order valence-electron chi connectivity index (χ1n) is 3.71. The van der Waals surface area contributed by atoms with E-state index in [2.05, 4.69) is 5.32 Å². The quantitative estimate of drug-likeness (QED) is 0.696. The fourth-order valence-electron chi connectivity index (χ4n) is 0.871. The van der Waals surface area contributed by atoms with Gasteiger partial charge in [-0.25, -0.2) is 0 Å². The van der Waals surface area contributed by atoms with E-state index in [9.17, 15) is 9.59 Å². The molecule has 1 rings (SSSR count). The molecule has 1 aromatic heterocycles. The van der Waals surface area contributed by atoms with Gasteiger partial charge < -0.3 is 5.32 Å². The van der Waals surface area contributed by atoms with E-state index in [1.807, 2.05) is 0 Å². The molecule has 0 aliphatic rings. The fourth-order valence-corrected chi connectivity index (χ4v) is 1.09. The van der Waals surface area contributed by atoms with Gasteiger partial charge in [0.15, 0.2) is 0 Å². The topological polar surface area (TPSA) is 51.1 Å². The number of carbonyl (C=O) groups is 1. The van der Waals surface area contributed by atoms with E-state index in [1.54, 1.807) is 12.1 Å². The van der Waals surface area contributed by atoms with Crippen LogP contribution >= 0.6 is 11.6 Å². The Morgan fingerprint density at radius 3 is 2.85 bits per heavy atom. The van der Waals surface area contributed by atoms with Gasteiger partial charge in [-0.05, 0) is 6.07 Å². The van der Waals surface area contributed by atoms with Crippen molar-refractivity contribution < 1.29 is 4.79 Å². The van der Waals surface area contributed by atoms with Crippen molar-refractivity contribution in [2.24, 2.45) is 0 Å². The maximum Gasteiger partial charge on any atom is 0.252 e. The Morgan fingerprint density at radius 1 is 1.62 bits per heavy atom. The number of aromatic nitrogens is 1. The minimum atomic E-state index is -0.281. The molecule has 0 aliphatic heterocycles. The van der Waals surface area contributed by atoms with Gasteiger partial charge in [-0.1, -0.05) is 17.7 Å². The van der Waals surface area contributed by atoms with Crippen molar-refractivity contribution in [2.45, 2.75) is 6.54 Å². The number of carbonyl (C=O) groups excluding carboxylic acids is 1. The highest BCUT2D eigenvalue weighted by molar-refractivity contribution is 6.29. The number of nitrogens with one attached hydrogen (secondary N) is 1. The Balaban J connectivity index is 3.00. The lowest BCUT2D eigenvalue weighted by molar-refractivity contribution is -0.121. The summed E-state index contributed by atoms with van der Waals surface area (Å²) in [6.07, 6.45) is 0. The Morgan fingerprint density at radius 2 is 2.31 bits per heavy atom. The minimum absolute atomic E-state index is 0.0466. The molecule has 5 heteroatoms. The van der Waals surface area contributed by atoms with E-state index in [4.69, 9.17) is 11.6 Å². The van der Waals surface area contributed by atoms with Gasteiger partial charge in [-0.15, -0.1) is 0 Å². The third-order valence-electron chi connectivity index (χ3n) is 1.58. The number of halogens is 1. The maximum atomic E-state index is 11.2. The molecule has 1 N–H and O–H groups in total. The number of pyridine rings is 1. The van der Waals surface area contributed by atoms with Crippen LogP contribution in [0.1, 0.15) is 0 Å². The SMILES string of the molecule is CNC(=O)Cn1c(Cl)cccc1=O. The zero-order chi connectivity index (χ0) is 9.84. The van der Waals surface area contributed by atoms with Gasteiger partial charge in [0, 0.05) is 13.1 Å². The van der Waals surface area contributed by atoms with E-state index >= 15 is 0 Å². The van der Waals surface area contributed by atoms with Crippen LogP contribution in [0.2, 0.25) is 5.15 Å². The van der Waals surface area contributed by atoms with Crippen molar-refractivity contribution in [2.75, 3.05) is 7.05 Å². The monoisotopic (exact) mass is 200 g/mol. The molecule has 0 bridgehead atoms. The van der Waals surface area contributed by atoms with E-state index in [-0.39, 0.29) is 23.2 Å². The van der Waals surface area contributed by atoms with Gasteiger partial charge >= 0.3 is 0 Å². The Kier molecular flexibility index (Phi) is 3.08. The second-order valence-corrected chi connectivity index (χ2v) is 2.83. The Labute approximate surface area is 80.1 Å². The van der Waals surface area contributed by atoms with Crippen LogP contribution in [0.5, 0.6) is 0 Å². The van der Waals surface area contributed by atoms with Crippen molar-refractivity contribution >= 4 is 17.5 Å². The molecular formula is C8H9ClN2O2. The van der Waals surface area contributed by atoms with Crippen molar-refractivity contribution in [1.29, 1.82) is 0 Å². The third kappa shape index (κ3) is 2.32. The largest absolute Gasteiger partial charge is 0.358 e. The summed E-state index contributed by atoms with van der Waals surface area (Å²) in [4.78, 5) is 22.1. The van der Waals surface area contributed by atoms with E-state index in [0.29, 0.717) is 0 Å². The van der Waals surface area contributed by atoms with Crippen LogP contribution in [-0.4, -0.2) is 17.5 Å². The van der Waals surface area contributed by atoms with E-state index in [1.165, 1.54) is 17.7 Å². The molecule has 0 saturated carbocycles. The van der Waals surface area contributed by atoms with Crippen LogP contribution in [0.15, 0.2) is 23.0 Å². The molecule has 0 atom stereocenters. The first kappa shape index (κ1) is 9.80. The molecule has 0 fully saturated rings. The Hall–Kier alpha value is -1.29. The standard InChI is InChI=1S/C8H9ClN2O2/c1-10-7(12)5-11-6(9)3-2-4-8(11)13/h2-4H,5H2,1H3,(H,10,12). The van der Waals surface area contributed by atoms with Crippen molar-refractivity contribution in [3.8, 4) is 0 Å². The average Bonchev–Trinajstić information content (AvgIpc) is 2.11. The van der Waals surface area contributed by atoms with Crippen LogP contribution in [0.3, 0.4) is 0 Å². The first-order chi connectivity index (χ1) is 6.15. The van der Waals surface area contributed by atoms with Crippen molar-refractivity contribution in [1.82, 2.24) is 9.88 Å². The normalized spacial score (nSPS) is 9.69. The lowest BCUT2D eigenvalue weighted by Gasteiger charge is -2.05. The molecule has 0 radical (unpaired) electrons. The van der Waals surface area contributed by atoms with Crippen molar-refractivity contribution in [3.05, 3.63) is 33.7 Å². The summed E-state index contributed by atoms with van der Waals surface area (Å²) in [5, 5.41) is 2.67. The lowest BCUT2D eigenvalue weighted by Crippen LogP contribution is -2.29. The maximum absolute atomic E-state index is 11.2. The number of likely N-dealkylation sites (N-methyl/N-ethyl adjacent to an activating group) is 1. The summed E-state index contributed by atoms with van der Waals surface area (Å²) in [5.74, 6) is -0.254. The first-order valence-corrected chi connectivity index (χ1v) is 4.09. The van der Waals surface area contributed by atoms with Gasteiger partial charge in [0.2, 0.25) is 5.91 Å². The summed E-state index contributed by atoms with van der Waals surface area (Å²) < 4.78 is 1.19. The molecule has 0 aromatic carbocycles. The smallest absolute Gasteiger partial charge is 0.252 e. The summed E-state index contributed by atoms with van der Waals surface area (Å²) in [6.45, 7) is -0.0466. The van der Waals surface area contributed by atoms with Crippen molar-refractivity contribution in [3.63, 3.8) is 0 Å². The fraction of sp³-hybridized carbons (Fsp3) is 0.250. The van der Waals surface area contributed by atoms with Crippen LogP contribution in [-0.2, 0) is 11.3 Å². The molecule has 1 aromatic rings. The minimum Gasteiger partial charge on any atom is -0.358 e. The van der Waals surface area contributed by atoms with E-state index < -0.39 is 0 Å². The number of hydrogen-bond donors (Lipinski definition) is 1. The molecule has 4 nitrogen and oxygen atoms in total. The van der Waals surface area contributed by atoms with E-state index in [0.717, 1.165) is 0 Å². The molecule has 0 saturated heterocycles. The van der Waals surface area contributed by atoms with Gasteiger partial charge in [0.25, 0.3) is 5.56 Å². The highest BCUT2D eigenvalue weighted by Gasteiger charge is 2.04. The average molecular weight is 201 g/mol. The zero-order valence-corrected chi connectivity index (χ0v) is 7.84. The lowest BCUT2D eigenvalue weighted by atomic mass is 10.4. The summed E-state index contributed by atoms with van der Waals surface area (Å²) in [6, 6.07) is 4.46. The van der Waals surface area contributed by atoms with Crippen LogP contribution in [0.25, 0.3) is 0 Å². The van der Waals surface area contributed by atoms with Gasteiger partial charge in [0.1, 0.15) is 11.7 Å². The number of rotatable bonds is 2. The molecule has 13 heavy (non-hydrogen) atoms. The molecule has 0 spiro atoms. The van der Waals surface area contributed by atoms with Crippen LogP contribution in [0, 0.1) is 0 Å². The summed E-state index contributed by atoms with van der Waals surface area (Å²) >= 11 is 5.71. The predicted octanol–water partition coefficient (Wildman–Crippen LogP) is 0.248. The molecule has 1 amide bonds. The van der Waals surface area contributed by atoms with Gasteiger partial charge in [0.05, 0.1) is 0 Å². The van der Waals surface area contributed by atoms with Crippen LogP contribution < -0.4 is 10.9 Å². The summed E-state index contributed by atoms with van der Waals surface area (Å²) in [5.41, 5.74) is -0.281. The molecular weight excluding hydrogens is 192 g/mol. The molecule has 0 aliphatic carbocycles. The Bertz CT molecular complexity index is 373. The number of nitrogens with zero attached hydrogens (tertiary/aromatic N) is 1. The number of hydrogen-bond acceptors (Lipinski definition) is 2. The van der Waals surface area contributed by atoms with Crippen LogP contribution in [0.4, 0.5) is 0 Å². The zero-order valence-electron chi connectivity index (χ0n) is 7.08. The number of amides is 1. The third-order valence-corrected chi connectivity index (χ3v) is 1.91. The predicted molar refractivity (Wildman–Crippen MR) is 49.8 cm³/mol.